The van der Waals surface area contributed by atoms with Gasteiger partial charge in [0.2, 0.25) is 5.95 Å². The Bertz CT molecular complexity index is 1310. The van der Waals surface area contributed by atoms with Crippen LogP contribution in [0.15, 0.2) is 4.79 Å². The Morgan fingerprint density at radius 1 is 1.25 bits per heavy atom. The number of hydrogen-bond acceptors (Lipinski definition) is 11. The molecule has 4 rings (SSSR count). The zero-order valence-corrected chi connectivity index (χ0v) is 18.4. The van der Waals surface area contributed by atoms with Gasteiger partial charge in [0.15, 0.2) is 17.4 Å². The van der Waals surface area contributed by atoms with Crippen LogP contribution < -0.4 is 11.3 Å². The quantitative estimate of drug-likeness (QED) is 0.211. The van der Waals surface area contributed by atoms with Crippen molar-refractivity contribution in [2.24, 2.45) is 5.41 Å². The third-order valence-electron chi connectivity index (χ3n) is 4.98. The van der Waals surface area contributed by atoms with Gasteiger partial charge in [-0.05, 0) is 6.92 Å². The normalized spacial score (nSPS) is 31.2. The highest BCUT2D eigenvalue weighted by Gasteiger charge is 2.77. The number of ether oxygens (including phenoxy) is 1. The van der Waals surface area contributed by atoms with E-state index in [4.69, 9.17) is 24.8 Å². The molecule has 1 aliphatic carbocycles. The Morgan fingerprint density at radius 3 is 2.47 bits per heavy atom. The smallest absolute Gasteiger partial charge is 0.369 e. The van der Waals surface area contributed by atoms with E-state index in [9.17, 15) is 33.1 Å². The number of fused-ring (bicyclic) bond motifs is 2. The van der Waals surface area contributed by atoms with E-state index in [1.165, 1.54) is 4.68 Å². The van der Waals surface area contributed by atoms with Crippen molar-refractivity contribution in [1.29, 1.82) is 0 Å². The fourth-order valence-corrected chi connectivity index (χ4v) is 6.92. The summed E-state index contributed by atoms with van der Waals surface area (Å²) in [4.78, 5) is 66.4. The minimum Gasteiger partial charge on any atom is -0.369 e. The molecule has 6 atom stereocenters. The number of carbonyl (C=O) groups excluding carboxylic acids is 1. The number of carbonyl (C=O) groups is 1. The molecule has 6 unspecified atom stereocenters. The first-order valence-electron chi connectivity index (χ1n) is 8.49. The first kappa shape index (κ1) is 23.5. The molecule has 2 aliphatic rings. The second-order valence-electron chi connectivity index (χ2n) is 7.06. The van der Waals surface area contributed by atoms with Crippen molar-refractivity contribution in [3.8, 4) is 0 Å². The number of nitrogens with one attached hydrogen (secondary N) is 2. The van der Waals surface area contributed by atoms with Crippen LogP contribution in [0, 0.1) is 5.41 Å². The maximum atomic E-state index is 12.3. The van der Waals surface area contributed by atoms with E-state index < -0.39 is 58.7 Å². The standard InChI is InChI=1S/C11H16N5O13P3/c1-3(17)11-2-4(16-8-5(15-16)9(18)14-10(12)13-8)26-6(11)7(11)27-31(22,23)29-32(24,25)28-30(19,20)21/h4,6-7,15H,2H2,1H3,(H,22,23)(H,24,25)(H2,19,20,21)(H3,12,13,14,18). The topological polar surface area (TPSA) is 279 Å². The van der Waals surface area contributed by atoms with Gasteiger partial charge in [0.25, 0.3) is 5.56 Å². The Balaban J connectivity index is 1.50. The van der Waals surface area contributed by atoms with Gasteiger partial charge in [-0.15, -0.1) is 0 Å². The molecule has 18 nitrogen and oxygen atoms in total. The highest BCUT2D eigenvalue weighted by atomic mass is 31.3. The average Bonchev–Trinajstić information content (AvgIpc) is 2.94. The molecular formula is C11H16N5O13P3. The number of ketones is 1. The third kappa shape index (κ3) is 4.04. The summed E-state index contributed by atoms with van der Waals surface area (Å²) in [7, 11) is -16.7. The molecule has 178 valence electrons. The number of nitrogen functional groups attached to an aromatic ring is 1. The summed E-state index contributed by atoms with van der Waals surface area (Å²) in [6.07, 6.45) is -3.43. The van der Waals surface area contributed by atoms with E-state index in [0.29, 0.717) is 0 Å². The summed E-state index contributed by atoms with van der Waals surface area (Å²) in [5, 5.41) is 2.68. The number of phosphoric acid groups is 3. The lowest BCUT2D eigenvalue weighted by molar-refractivity contribution is -0.123. The molecule has 0 aromatic carbocycles. The van der Waals surface area contributed by atoms with Crippen molar-refractivity contribution in [1.82, 2.24) is 19.7 Å². The number of anilines is 1. The monoisotopic (exact) mass is 519 g/mol. The second-order valence-corrected chi connectivity index (χ2v) is 11.4. The van der Waals surface area contributed by atoms with E-state index in [1.807, 2.05) is 0 Å². The number of aromatic amines is 2. The van der Waals surface area contributed by atoms with Crippen LogP contribution in [-0.4, -0.2) is 57.3 Å². The Kier molecular flexibility index (Phi) is 5.25. The lowest BCUT2D eigenvalue weighted by Crippen LogP contribution is -2.29. The summed E-state index contributed by atoms with van der Waals surface area (Å²) < 4.78 is 53.3. The molecule has 32 heavy (non-hydrogen) atoms. The van der Waals surface area contributed by atoms with Crippen LogP contribution >= 0.6 is 23.5 Å². The average molecular weight is 519 g/mol. The SMILES string of the molecule is CC(=O)C12CC(n3[nH]c4c(=O)[nH]c(N)nc43)OC1C2OP(=O)(O)OP(=O)(O)OP(=O)(O)O. The van der Waals surface area contributed by atoms with E-state index in [2.05, 4.69) is 23.7 Å². The van der Waals surface area contributed by atoms with Gasteiger partial charge in [-0.25, -0.2) is 18.4 Å². The molecule has 2 fully saturated rings. The molecule has 1 saturated carbocycles. The number of nitrogens with zero attached hydrogens (tertiary/aromatic N) is 2. The van der Waals surface area contributed by atoms with Gasteiger partial charge in [0.05, 0.1) is 5.41 Å². The molecule has 2 aromatic rings. The molecule has 21 heteroatoms. The summed E-state index contributed by atoms with van der Waals surface area (Å²) in [5.41, 5.74) is 3.80. The Hall–Kier alpha value is -1.68. The van der Waals surface area contributed by atoms with E-state index in [1.54, 1.807) is 0 Å². The van der Waals surface area contributed by atoms with Crippen LogP contribution in [0.3, 0.4) is 0 Å². The van der Waals surface area contributed by atoms with Gasteiger partial charge in [-0.3, -0.25) is 24.2 Å². The maximum absolute atomic E-state index is 12.3. The van der Waals surface area contributed by atoms with Crippen molar-refractivity contribution in [2.45, 2.75) is 31.8 Å². The zero-order chi connectivity index (χ0) is 23.9. The van der Waals surface area contributed by atoms with Gasteiger partial charge in [0.1, 0.15) is 18.0 Å². The van der Waals surface area contributed by atoms with Gasteiger partial charge < -0.3 is 30.0 Å². The Morgan fingerprint density at radius 2 is 1.91 bits per heavy atom. The number of H-pyrrole nitrogens is 2. The summed E-state index contributed by atoms with van der Waals surface area (Å²) >= 11 is 0. The number of phosphoric ester groups is 1. The first-order valence-corrected chi connectivity index (χ1v) is 13.0. The predicted octanol–water partition coefficient (Wildman–Crippen LogP) is -0.777. The number of Topliss-reactive ketones (excluding diaryl/α,β-unsaturated/α-hetero) is 1. The van der Waals surface area contributed by atoms with Crippen LogP contribution in [0.2, 0.25) is 0 Å². The van der Waals surface area contributed by atoms with E-state index in [0.717, 1.165) is 6.92 Å². The minimum absolute atomic E-state index is 0.103. The molecule has 0 amide bonds. The summed E-state index contributed by atoms with van der Waals surface area (Å²) in [6, 6.07) is 0. The fraction of sp³-hybridized carbons (Fsp3) is 0.545. The highest BCUT2D eigenvalue weighted by molar-refractivity contribution is 7.66. The number of nitrogens with two attached hydrogens (primary N) is 1. The number of hydrogen-bond donors (Lipinski definition) is 7. The molecule has 0 spiro atoms. The Labute approximate surface area is 176 Å². The minimum atomic E-state index is -5.71. The van der Waals surface area contributed by atoms with Gasteiger partial charge in [-0.1, -0.05) is 0 Å². The number of rotatable bonds is 8. The summed E-state index contributed by atoms with van der Waals surface area (Å²) in [5.74, 6) is -0.664. The van der Waals surface area contributed by atoms with Crippen molar-refractivity contribution < 1.29 is 55.9 Å². The van der Waals surface area contributed by atoms with Gasteiger partial charge in [-0.2, -0.15) is 13.6 Å². The van der Waals surface area contributed by atoms with Crippen LogP contribution in [0.1, 0.15) is 19.6 Å². The molecular weight excluding hydrogens is 503 g/mol. The lowest BCUT2D eigenvalue weighted by Gasteiger charge is -2.24. The molecule has 1 aliphatic heterocycles. The zero-order valence-electron chi connectivity index (χ0n) is 15.7. The van der Waals surface area contributed by atoms with Crippen LogP contribution in [0.4, 0.5) is 5.95 Å². The predicted molar refractivity (Wildman–Crippen MR) is 99.5 cm³/mol. The molecule has 8 N–H and O–H groups in total. The van der Waals surface area contributed by atoms with Crippen molar-refractivity contribution >= 4 is 46.4 Å². The van der Waals surface area contributed by atoms with Crippen molar-refractivity contribution in [2.75, 3.05) is 5.73 Å². The molecule has 2 aromatic heterocycles. The van der Waals surface area contributed by atoms with Crippen molar-refractivity contribution in [3.63, 3.8) is 0 Å². The third-order valence-corrected chi connectivity index (χ3v) is 8.80. The van der Waals surface area contributed by atoms with E-state index >= 15 is 0 Å². The molecule has 0 radical (unpaired) electrons. The first-order chi connectivity index (χ1) is 14.5. The van der Waals surface area contributed by atoms with Gasteiger partial charge in [0, 0.05) is 6.42 Å². The van der Waals surface area contributed by atoms with Gasteiger partial charge >= 0.3 is 23.5 Å². The van der Waals surface area contributed by atoms with E-state index in [-0.39, 0.29) is 23.5 Å². The molecule has 3 heterocycles. The summed E-state index contributed by atoms with van der Waals surface area (Å²) in [6.45, 7) is 1.16. The largest absolute Gasteiger partial charge is 0.490 e. The van der Waals surface area contributed by atoms with Crippen LogP contribution in [0.25, 0.3) is 11.2 Å². The highest BCUT2D eigenvalue weighted by Crippen LogP contribution is 2.71. The van der Waals surface area contributed by atoms with Crippen molar-refractivity contribution in [3.05, 3.63) is 10.4 Å². The lowest BCUT2D eigenvalue weighted by atomic mass is 9.97. The molecule has 1 saturated heterocycles. The fourth-order valence-electron chi connectivity index (χ4n) is 3.67. The number of aromatic nitrogens is 4. The molecule has 0 bridgehead atoms. The second kappa shape index (κ2) is 7.16. The van der Waals surface area contributed by atoms with Crippen LogP contribution in [-0.2, 0) is 36.4 Å². The maximum Gasteiger partial charge on any atom is 0.490 e. The van der Waals surface area contributed by atoms with Crippen LogP contribution in [0.5, 0.6) is 0 Å².